The lowest BCUT2D eigenvalue weighted by Crippen LogP contribution is -2.27. The van der Waals surface area contributed by atoms with Crippen LogP contribution in [0.3, 0.4) is 0 Å². The van der Waals surface area contributed by atoms with Crippen LogP contribution in [0.25, 0.3) is 5.65 Å². The van der Waals surface area contributed by atoms with Crippen molar-refractivity contribution in [2.24, 2.45) is 0 Å². The third-order valence-corrected chi connectivity index (χ3v) is 5.28. The van der Waals surface area contributed by atoms with Crippen LogP contribution in [0.15, 0.2) is 30.7 Å². The highest BCUT2D eigenvalue weighted by Crippen LogP contribution is 2.26. The first-order valence-corrected chi connectivity index (χ1v) is 9.32. The van der Waals surface area contributed by atoms with Gasteiger partial charge in [-0.05, 0) is 6.92 Å². The van der Waals surface area contributed by atoms with Crippen LogP contribution in [-0.4, -0.2) is 49.1 Å². The summed E-state index contributed by atoms with van der Waals surface area (Å²) in [4.78, 5) is 23.3. The molecule has 0 spiro atoms. The molecule has 3 aromatic rings. The molecule has 8 nitrogen and oxygen atoms in total. The normalized spacial score (nSPS) is 20.5. The molecule has 9 heteroatoms. The van der Waals surface area contributed by atoms with E-state index in [1.165, 1.54) is 18.3 Å². The Labute approximate surface area is 154 Å². The third kappa shape index (κ3) is 3.68. The number of rotatable bonds is 5. The second kappa shape index (κ2) is 7.00. The Balaban J connectivity index is 1.37. The fourth-order valence-electron chi connectivity index (χ4n) is 3.17. The van der Waals surface area contributed by atoms with Gasteiger partial charge in [-0.15, -0.1) is 11.3 Å². The Kier molecular flexibility index (Phi) is 4.56. The average molecular weight is 372 g/mol. The first kappa shape index (κ1) is 16.9. The van der Waals surface area contributed by atoms with Crippen LogP contribution in [0.5, 0.6) is 5.88 Å². The largest absolute Gasteiger partial charge is 0.473 e. The third-order valence-electron chi connectivity index (χ3n) is 4.38. The second-order valence-electron chi connectivity index (χ2n) is 6.47. The van der Waals surface area contributed by atoms with Gasteiger partial charge in [0.2, 0.25) is 11.8 Å². The molecule has 0 bridgehead atoms. The number of aromatic nitrogens is 4. The predicted molar refractivity (Wildman–Crippen MR) is 98.3 cm³/mol. The summed E-state index contributed by atoms with van der Waals surface area (Å²) in [6.07, 6.45) is 6.45. The summed E-state index contributed by atoms with van der Waals surface area (Å²) in [6.45, 7) is 5.32. The van der Waals surface area contributed by atoms with Crippen LogP contribution in [0.2, 0.25) is 0 Å². The standard InChI is InChI=1S/C17H20N6O2S/c1-11-7-13(25-16-4-6-23-15(21-16)3-5-19-23)9-22(11)10-14-8-18-17(26-14)20-12(2)24/h3-6,8,11,13H,7,9-10H2,1-2H3,(H,18,20,24)/t11-,13?/m0/s1. The molecule has 136 valence electrons. The van der Waals surface area contributed by atoms with E-state index in [1.54, 1.807) is 10.7 Å². The number of thiazole rings is 1. The summed E-state index contributed by atoms with van der Waals surface area (Å²) in [5.41, 5.74) is 0.778. The molecule has 2 atom stereocenters. The van der Waals surface area contributed by atoms with E-state index in [4.69, 9.17) is 4.74 Å². The van der Waals surface area contributed by atoms with Gasteiger partial charge in [-0.3, -0.25) is 9.69 Å². The molecule has 4 rings (SSSR count). The lowest BCUT2D eigenvalue weighted by atomic mass is 10.2. The molecule has 0 radical (unpaired) electrons. The number of likely N-dealkylation sites (tertiary alicyclic amines) is 1. The fourth-order valence-corrected chi connectivity index (χ4v) is 4.06. The number of fused-ring (bicyclic) bond motifs is 1. The Bertz CT molecular complexity index is 923. The SMILES string of the molecule is CC(=O)Nc1ncc(CN2CC(Oc3ccn4nccc4n3)C[C@@H]2C)s1. The first-order chi connectivity index (χ1) is 12.6. The molecule has 1 aliphatic rings. The highest BCUT2D eigenvalue weighted by atomic mass is 32.1. The number of carbonyl (C=O) groups excluding carboxylic acids is 1. The minimum absolute atomic E-state index is 0.100. The molecule has 4 heterocycles. The van der Waals surface area contributed by atoms with Gasteiger partial charge in [-0.2, -0.15) is 10.1 Å². The van der Waals surface area contributed by atoms with Crippen molar-refractivity contribution in [3.8, 4) is 5.88 Å². The number of hydrogen-bond donors (Lipinski definition) is 1. The molecule has 0 saturated carbocycles. The number of nitrogens with one attached hydrogen (secondary N) is 1. The van der Waals surface area contributed by atoms with Gasteiger partial charge in [-0.25, -0.2) is 9.50 Å². The van der Waals surface area contributed by atoms with Crippen LogP contribution < -0.4 is 10.1 Å². The summed E-state index contributed by atoms with van der Waals surface area (Å²) in [5.74, 6) is 0.527. The molecular weight excluding hydrogens is 352 g/mol. The van der Waals surface area contributed by atoms with Gasteiger partial charge in [-0.1, -0.05) is 0 Å². The number of carbonyl (C=O) groups is 1. The lowest BCUT2D eigenvalue weighted by molar-refractivity contribution is -0.114. The van der Waals surface area contributed by atoms with E-state index >= 15 is 0 Å². The van der Waals surface area contributed by atoms with Crippen molar-refractivity contribution in [3.05, 3.63) is 35.6 Å². The minimum atomic E-state index is -0.100. The first-order valence-electron chi connectivity index (χ1n) is 8.50. The van der Waals surface area contributed by atoms with Crippen LogP contribution in [0.4, 0.5) is 5.13 Å². The van der Waals surface area contributed by atoms with Crippen molar-refractivity contribution in [2.45, 2.75) is 39.0 Å². The van der Waals surface area contributed by atoms with E-state index in [9.17, 15) is 4.79 Å². The topological polar surface area (TPSA) is 84.7 Å². The van der Waals surface area contributed by atoms with Crippen molar-refractivity contribution in [1.82, 2.24) is 24.5 Å². The van der Waals surface area contributed by atoms with Crippen LogP contribution in [0.1, 0.15) is 25.1 Å². The lowest BCUT2D eigenvalue weighted by Gasteiger charge is -2.19. The summed E-state index contributed by atoms with van der Waals surface area (Å²) >= 11 is 1.51. The number of nitrogens with zero attached hydrogens (tertiary/aromatic N) is 5. The van der Waals surface area contributed by atoms with Gasteiger partial charge in [0.05, 0.1) is 6.20 Å². The summed E-state index contributed by atoms with van der Waals surface area (Å²) in [6, 6.07) is 4.10. The van der Waals surface area contributed by atoms with Gasteiger partial charge in [0.25, 0.3) is 0 Å². The number of ether oxygens (including phenoxy) is 1. The van der Waals surface area contributed by atoms with Gasteiger partial charge in [0.15, 0.2) is 10.8 Å². The van der Waals surface area contributed by atoms with Crippen LogP contribution in [-0.2, 0) is 11.3 Å². The number of amides is 1. The highest BCUT2D eigenvalue weighted by Gasteiger charge is 2.31. The predicted octanol–water partition coefficient (Wildman–Crippen LogP) is 2.19. The number of hydrogen-bond acceptors (Lipinski definition) is 7. The minimum Gasteiger partial charge on any atom is -0.473 e. The van der Waals surface area contributed by atoms with Gasteiger partial charge in [0.1, 0.15) is 6.10 Å². The molecule has 1 unspecified atom stereocenters. The van der Waals surface area contributed by atoms with Crippen molar-refractivity contribution in [3.63, 3.8) is 0 Å². The highest BCUT2D eigenvalue weighted by molar-refractivity contribution is 7.15. The molecule has 1 saturated heterocycles. The summed E-state index contributed by atoms with van der Waals surface area (Å²) < 4.78 is 7.80. The Hall–Kier alpha value is -2.52. The molecule has 3 aromatic heterocycles. The number of anilines is 1. The van der Waals surface area contributed by atoms with E-state index in [0.717, 1.165) is 30.0 Å². The van der Waals surface area contributed by atoms with Crippen LogP contribution in [0, 0.1) is 0 Å². The molecular formula is C17H20N6O2S. The average Bonchev–Trinajstić information content (AvgIpc) is 3.29. The Morgan fingerprint density at radius 2 is 2.35 bits per heavy atom. The van der Waals surface area contributed by atoms with Crippen LogP contribution >= 0.6 is 11.3 Å². The van der Waals surface area contributed by atoms with E-state index < -0.39 is 0 Å². The molecule has 1 fully saturated rings. The Morgan fingerprint density at radius 3 is 3.19 bits per heavy atom. The monoisotopic (exact) mass is 372 g/mol. The molecule has 1 aliphatic heterocycles. The molecule has 1 N–H and O–H groups in total. The Morgan fingerprint density at radius 1 is 1.46 bits per heavy atom. The maximum absolute atomic E-state index is 11.1. The zero-order valence-electron chi connectivity index (χ0n) is 14.6. The smallest absolute Gasteiger partial charge is 0.223 e. The van der Waals surface area contributed by atoms with Crippen molar-refractivity contribution in [2.75, 3.05) is 11.9 Å². The molecule has 0 aromatic carbocycles. The summed E-state index contributed by atoms with van der Waals surface area (Å²) in [5, 5.41) is 7.51. The van der Waals surface area contributed by atoms with Gasteiger partial charge in [0, 0.05) is 61.9 Å². The second-order valence-corrected chi connectivity index (χ2v) is 7.58. The van der Waals surface area contributed by atoms with Crippen molar-refractivity contribution < 1.29 is 9.53 Å². The van der Waals surface area contributed by atoms with E-state index in [0.29, 0.717) is 17.1 Å². The maximum Gasteiger partial charge on any atom is 0.223 e. The fraction of sp³-hybridized carbons (Fsp3) is 0.412. The molecule has 26 heavy (non-hydrogen) atoms. The van der Waals surface area contributed by atoms with Crippen molar-refractivity contribution >= 4 is 28.0 Å². The van der Waals surface area contributed by atoms with Gasteiger partial charge < -0.3 is 10.1 Å². The van der Waals surface area contributed by atoms with Gasteiger partial charge >= 0.3 is 0 Å². The molecule has 1 amide bonds. The maximum atomic E-state index is 11.1. The summed E-state index contributed by atoms with van der Waals surface area (Å²) in [7, 11) is 0. The zero-order valence-corrected chi connectivity index (χ0v) is 15.4. The quantitative estimate of drug-likeness (QED) is 0.739. The van der Waals surface area contributed by atoms with E-state index in [1.807, 2.05) is 24.5 Å². The van der Waals surface area contributed by atoms with E-state index in [2.05, 4.69) is 32.2 Å². The van der Waals surface area contributed by atoms with Crippen molar-refractivity contribution in [1.29, 1.82) is 0 Å². The molecule has 0 aliphatic carbocycles. The van der Waals surface area contributed by atoms with E-state index in [-0.39, 0.29) is 12.0 Å². The zero-order chi connectivity index (χ0) is 18.1.